The van der Waals surface area contributed by atoms with Crippen LogP contribution in [0.1, 0.15) is 18.1 Å². The maximum Gasteiger partial charge on any atom is 0.310 e. The summed E-state index contributed by atoms with van der Waals surface area (Å²) >= 11 is 5.84. The van der Waals surface area contributed by atoms with Gasteiger partial charge in [0.15, 0.2) is 0 Å². The monoisotopic (exact) mass is 239 g/mol. The van der Waals surface area contributed by atoms with Crippen molar-refractivity contribution in [3.8, 4) is 11.8 Å². The summed E-state index contributed by atoms with van der Waals surface area (Å²) in [6, 6.07) is 4.43. The number of rotatable bonds is 3. The maximum atomic E-state index is 11.3. The average Bonchev–Trinajstić information content (AvgIpc) is 2.22. The lowest BCUT2D eigenvalue weighted by molar-refractivity contribution is -0.142. The van der Waals surface area contributed by atoms with E-state index in [2.05, 4.69) is 0 Å². The van der Waals surface area contributed by atoms with Gasteiger partial charge in [0.1, 0.15) is 5.75 Å². The van der Waals surface area contributed by atoms with E-state index in [1.165, 1.54) is 12.1 Å². The summed E-state index contributed by atoms with van der Waals surface area (Å²) in [6.45, 7) is 1.97. The summed E-state index contributed by atoms with van der Waals surface area (Å²) in [5.74, 6) is -0.555. The second-order valence-corrected chi connectivity index (χ2v) is 3.45. The second-order valence-electron chi connectivity index (χ2n) is 3.05. The number of phenolic OH excluding ortho intramolecular Hbond substituents is 1. The minimum Gasteiger partial charge on any atom is -0.508 e. The standard InChI is InChI=1S/C11H10ClNO3/c1-2-16-11(15)5-9-7(6-13)3-8(14)4-10(9)12/h3-4,14H,2,5H2,1H3. The Kier molecular flexibility index (Phi) is 4.15. The van der Waals surface area contributed by atoms with Gasteiger partial charge in [-0.2, -0.15) is 5.26 Å². The molecule has 1 N–H and O–H groups in total. The van der Waals surface area contributed by atoms with Crippen LogP contribution in [0.2, 0.25) is 5.02 Å². The zero-order valence-electron chi connectivity index (χ0n) is 8.66. The van der Waals surface area contributed by atoms with Gasteiger partial charge in [-0.1, -0.05) is 11.6 Å². The fourth-order valence-electron chi connectivity index (χ4n) is 1.26. The van der Waals surface area contributed by atoms with Crippen LogP contribution >= 0.6 is 11.6 Å². The van der Waals surface area contributed by atoms with Gasteiger partial charge >= 0.3 is 5.97 Å². The number of hydrogen-bond donors (Lipinski definition) is 1. The van der Waals surface area contributed by atoms with Crippen LogP contribution in [0.25, 0.3) is 0 Å². The van der Waals surface area contributed by atoms with E-state index < -0.39 is 5.97 Å². The number of phenols is 1. The van der Waals surface area contributed by atoms with Crippen molar-refractivity contribution in [1.29, 1.82) is 5.26 Å². The predicted molar refractivity (Wildman–Crippen MR) is 58.2 cm³/mol. The van der Waals surface area contributed by atoms with E-state index in [0.29, 0.717) is 5.56 Å². The van der Waals surface area contributed by atoms with E-state index in [0.717, 1.165) is 0 Å². The smallest absolute Gasteiger partial charge is 0.310 e. The van der Waals surface area contributed by atoms with Crippen molar-refractivity contribution in [2.24, 2.45) is 0 Å². The van der Waals surface area contributed by atoms with Crippen LogP contribution in [0.15, 0.2) is 12.1 Å². The van der Waals surface area contributed by atoms with Gasteiger partial charge in [-0.05, 0) is 24.6 Å². The summed E-state index contributed by atoms with van der Waals surface area (Å²) in [4.78, 5) is 11.3. The van der Waals surface area contributed by atoms with Crippen LogP contribution in [0.3, 0.4) is 0 Å². The molecule has 0 aromatic heterocycles. The molecule has 16 heavy (non-hydrogen) atoms. The molecule has 0 radical (unpaired) electrons. The Balaban J connectivity index is 3.04. The molecule has 0 unspecified atom stereocenters. The maximum absolute atomic E-state index is 11.3. The van der Waals surface area contributed by atoms with Gasteiger partial charge < -0.3 is 9.84 Å². The number of halogens is 1. The van der Waals surface area contributed by atoms with Gasteiger partial charge in [-0.3, -0.25) is 4.79 Å². The van der Waals surface area contributed by atoms with Crippen molar-refractivity contribution in [2.45, 2.75) is 13.3 Å². The van der Waals surface area contributed by atoms with Crippen LogP contribution in [-0.4, -0.2) is 17.7 Å². The van der Waals surface area contributed by atoms with E-state index in [1.807, 2.05) is 6.07 Å². The number of esters is 1. The highest BCUT2D eigenvalue weighted by molar-refractivity contribution is 6.31. The van der Waals surface area contributed by atoms with Gasteiger partial charge in [-0.15, -0.1) is 0 Å². The molecule has 0 bridgehead atoms. The quantitative estimate of drug-likeness (QED) is 0.820. The Morgan fingerprint density at radius 1 is 1.62 bits per heavy atom. The van der Waals surface area contributed by atoms with E-state index in [9.17, 15) is 9.90 Å². The third kappa shape index (κ3) is 2.88. The molecule has 0 aliphatic carbocycles. The first-order valence-electron chi connectivity index (χ1n) is 4.65. The van der Waals surface area contributed by atoms with Crippen molar-refractivity contribution >= 4 is 17.6 Å². The number of nitriles is 1. The zero-order chi connectivity index (χ0) is 12.1. The highest BCUT2D eigenvalue weighted by Gasteiger charge is 2.13. The molecule has 0 fully saturated rings. The molecule has 84 valence electrons. The molecule has 0 amide bonds. The normalized spacial score (nSPS) is 9.56. The van der Waals surface area contributed by atoms with Crippen LogP contribution in [0.4, 0.5) is 0 Å². The van der Waals surface area contributed by atoms with Crippen molar-refractivity contribution in [3.63, 3.8) is 0 Å². The molecule has 0 spiro atoms. The third-order valence-corrected chi connectivity index (χ3v) is 2.26. The molecule has 5 heteroatoms. The lowest BCUT2D eigenvalue weighted by Crippen LogP contribution is -2.09. The molecule has 4 nitrogen and oxygen atoms in total. The zero-order valence-corrected chi connectivity index (χ0v) is 9.41. The molecule has 0 atom stereocenters. The average molecular weight is 240 g/mol. The molecular formula is C11H10ClNO3. The Morgan fingerprint density at radius 3 is 2.88 bits per heavy atom. The van der Waals surface area contributed by atoms with E-state index >= 15 is 0 Å². The van der Waals surface area contributed by atoms with Crippen LogP contribution in [-0.2, 0) is 16.0 Å². The summed E-state index contributed by atoms with van der Waals surface area (Å²) in [7, 11) is 0. The topological polar surface area (TPSA) is 70.3 Å². The number of carbonyl (C=O) groups is 1. The third-order valence-electron chi connectivity index (χ3n) is 1.93. The Bertz CT molecular complexity index is 451. The van der Waals surface area contributed by atoms with E-state index in [4.69, 9.17) is 21.6 Å². The van der Waals surface area contributed by atoms with Crippen LogP contribution < -0.4 is 0 Å². The first kappa shape index (κ1) is 12.3. The van der Waals surface area contributed by atoms with E-state index in [-0.39, 0.29) is 29.4 Å². The van der Waals surface area contributed by atoms with Crippen molar-refractivity contribution in [2.75, 3.05) is 6.61 Å². The molecule has 1 aromatic rings. The van der Waals surface area contributed by atoms with Gasteiger partial charge in [0, 0.05) is 5.02 Å². The number of benzene rings is 1. The fraction of sp³-hybridized carbons (Fsp3) is 0.273. The van der Waals surface area contributed by atoms with Gasteiger partial charge in [0.2, 0.25) is 0 Å². The fourth-order valence-corrected chi connectivity index (χ4v) is 1.54. The molecule has 1 rings (SSSR count). The number of ether oxygens (including phenoxy) is 1. The Labute approximate surface area is 98.0 Å². The van der Waals surface area contributed by atoms with E-state index in [1.54, 1.807) is 6.92 Å². The lowest BCUT2D eigenvalue weighted by Gasteiger charge is -2.07. The molecule has 0 aliphatic heterocycles. The van der Waals surface area contributed by atoms with Crippen molar-refractivity contribution in [1.82, 2.24) is 0 Å². The van der Waals surface area contributed by atoms with Gasteiger partial charge in [-0.25, -0.2) is 0 Å². The summed E-state index contributed by atoms with van der Waals surface area (Å²) in [5, 5.41) is 18.3. The van der Waals surface area contributed by atoms with Gasteiger partial charge in [0.25, 0.3) is 0 Å². The van der Waals surface area contributed by atoms with Crippen molar-refractivity contribution < 1.29 is 14.6 Å². The Hall–Kier alpha value is -1.73. The molecule has 1 aromatic carbocycles. The second kappa shape index (κ2) is 5.38. The predicted octanol–water partition coefficient (Wildman–Crippen LogP) is 2.02. The molecule has 0 saturated carbocycles. The number of aromatic hydroxyl groups is 1. The molecule has 0 aliphatic rings. The first-order valence-corrected chi connectivity index (χ1v) is 5.03. The van der Waals surface area contributed by atoms with Crippen LogP contribution in [0.5, 0.6) is 5.75 Å². The number of hydrogen-bond acceptors (Lipinski definition) is 4. The minimum atomic E-state index is -0.452. The summed E-state index contributed by atoms with van der Waals surface area (Å²) in [6.07, 6.45) is -0.0736. The minimum absolute atomic E-state index is 0.0736. The molecule has 0 saturated heterocycles. The molecule has 0 heterocycles. The first-order chi connectivity index (χ1) is 7.58. The highest BCUT2D eigenvalue weighted by atomic mass is 35.5. The largest absolute Gasteiger partial charge is 0.508 e. The van der Waals surface area contributed by atoms with Crippen molar-refractivity contribution in [3.05, 3.63) is 28.3 Å². The summed E-state index contributed by atoms with van der Waals surface area (Å²) in [5.41, 5.74) is 0.554. The van der Waals surface area contributed by atoms with Gasteiger partial charge in [0.05, 0.1) is 24.7 Å². The Morgan fingerprint density at radius 2 is 2.31 bits per heavy atom. The lowest BCUT2D eigenvalue weighted by atomic mass is 10.1. The highest BCUT2D eigenvalue weighted by Crippen LogP contribution is 2.26. The number of carbonyl (C=O) groups excluding carboxylic acids is 1. The SMILES string of the molecule is CCOC(=O)Cc1c(Cl)cc(O)cc1C#N. The van der Waals surface area contributed by atoms with Crippen LogP contribution in [0, 0.1) is 11.3 Å². The summed E-state index contributed by atoms with van der Waals surface area (Å²) < 4.78 is 4.76. The molecular weight excluding hydrogens is 230 g/mol. The number of nitrogens with zero attached hydrogens (tertiary/aromatic N) is 1.